The van der Waals surface area contributed by atoms with Gasteiger partial charge in [0.1, 0.15) is 6.42 Å². The number of rotatable bonds is 8. The van der Waals surface area contributed by atoms with Crippen LogP contribution in [0.15, 0.2) is 60.7 Å². The van der Waals surface area contributed by atoms with E-state index in [9.17, 15) is 19.8 Å². The van der Waals surface area contributed by atoms with Crippen LogP contribution in [-0.2, 0) is 9.59 Å². The summed E-state index contributed by atoms with van der Waals surface area (Å²) < 4.78 is 0. The van der Waals surface area contributed by atoms with Crippen molar-refractivity contribution in [3.8, 4) is 0 Å². The number of benzene rings is 2. The highest BCUT2D eigenvalue weighted by Gasteiger charge is 2.32. The molecule has 0 unspecified atom stereocenters. The maximum Gasteiger partial charge on any atom is 0.230 e. The predicted octanol–water partition coefficient (Wildman–Crippen LogP) is 2.63. The van der Waals surface area contributed by atoms with E-state index < -0.39 is 41.5 Å². The lowest BCUT2D eigenvalue weighted by Gasteiger charge is -2.32. The SMILES string of the molecule is CC(C)(O)[C@H](NC(=O)CC(=O)N[C@H](c1ccccc1)C(C)(C)O)c1ccccc1. The summed E-state index contributed by atoms with van der Waals surface area (Å²) in [6.45, 7) is 6.41. The third-order valence-corrected chi connectivity index (χ3v) is 4.61. The first-order valence-corrected chi connectivity index (χ1v) is 9.62. The van der Waals surface area contributed by atoms with Gasteiger partial charge in [-0.15, -0.1) is 0 Å². The number of carbonyl (C=O) groups is 2. The van der Waals surface area contributed by atoms with E-state index in [0.717, 1.165) is 11.1 Å². The molecule has 2 aromatic rings. The maximum absolute atomic E-state index is 12.5. The highest BCUT2D eigenvalue weighted by atomic mass is 16.3. The fourth-order valence-electron chi connectivity index (χ4n) is 3.20. The summed E-state index contributed by atoms with van der Waals surface area (Å²) in [5.74, 6) is -1.03. The maximum atomic E-state index is 12.5. The normalized spacial score (nSPS) is 14.0. The lowest BCUT2D eigenvalue weighted by molar-refractivity contribution is -0.132. The molecule has 156 valence electrons. The third-order valence-electron chi connectivity index (χ3n) is 4.61. The summed E-state index contributed by atoms with van der Waals surface area (Å²) in [6.07, 6.45) is -0.418. The Kier molecular flexibility index (Phi) is 7.16. The molecule has 4 N–H and O–H groups in total. The number of amides is 2. The van der Waals surface area contributed by atoms with Crippen LogP contribution >= 0.6 is 0 Å². The zero-order valence-corrected chi connectivity index (χ0v) is 17.3. The predicted molar refractivity (Wildman–Crippen MR) is 112 cm³/mol. The summed E-state index contributed by atoms with van der Waals surface area (Å²) >= 11 is 0. The Morgan fingerprint density at radius 1 is 0.724 bits per heavy atom. The first-order valence-electron chi connectivity index (χ1n) is 9.62. The van der Waals surface area contributed by atoms with Gasteiger partial charge in [0.05, 0.1) is 23.3 Å². The Hall–Kier alpha value is -2.70. The van der Waals surface area contributed by atoms with Crippen molar-refractivity contribution in [2.24, 2.45) is 0 Å². The second kappa shape index (κ2) is 9.20. The van der Waals surface area contributed by atoms with Crippen LogP contribution in [0.25, 0.3) is 0 Å². The monoisotopic (exact) mass is 398 g/mol. The van der Waals surface area contributed by atoms with Crippen LogP contribution in [-0.4, -0.2) is 33.2 Å². The molecule has 0 bridgehead atoms. The minimum atomic E-state index is -1.22. The number of nitrogens with one attached hydrogen (secondary N) is 2. The highest BCUT2D eigenvalue weighted by molar-refractivity contribution is 5.97. The Labute approximate surface area is 172 Å². The van der Waals surface area contributed by atoms with E-state index in [1.54, 1.807) is 27.7 Å². The second-order valence-electron chi connectivity index (χ2n) is 8.31. The van der Waals surface area contributed by atoms with Crippen LogP contribution in [0, 0.1) is 0 Å². The zero-order chi connectivity index (χ0) is 21.7. The largest absolute Gasteiger partial charge is 0.388 e. The van der Waals surface area contributed by atoms with Gasteiger partial charge < -0.3 is 20.8 Å². The van der Waals surface area contributed by atoms with Gasteiger partial charge in [0.2, 0.25) is 11.8 Å². The van der Waals surface area contributed by atoms with Crippen LogP contribution < -0.4 is 10.6 Å². The van der Waals surface area contributed by atoms with Gasteiger partial charge in [0.25, 0.3) is 0 Å². The average Bonchev–Trinajstić information content (AvgIpc) is 2.64. The van der Waals surface area contributed by atoms with Gasteiger partial charge in [0, 0.05) is 0 Å². The van der Waals surface area contributed by atoms with E-state index in [0.29, 0.717) is 0 Å². The van der Waals surface area contributed by atoms with E-state index in [1.165, 1.54) is 0 Å². The molecule has 29 heavy (non-hydrogen) atoms. The molecule has 0 aliphatic rings. The van der Waals surface area contributed by atoms with Gasteiger partial charge in [-0.2, -0.15) is 0 Å². The number of hydrogen-bond acceptors (Lipinski definition) is 4. The topological polar surface area (TPSA) is 98.7 Å². The molecule has 0 aromatic heterocycles. The molecular formula is C23H30N2O4. The first-order chi connectivity index (χ1) is 13.5. The summed E-state index contributed by atoms with van der Waals surface area (Å²) in [7, 11) is 0. The van der Waals surface area contributed by atoms with Gasteiger partial charge in [-0.05, 0) is 38.8 Å². The molecule has 0 spiro atoms. The van der Waals surface area contributed by atoms with Crippen molar-refractivity contribution in [2.45, 2.75) is 57.4 Å². The lowest BCUT2D eigenvalue weighted by atomic mass is 9.91. The lowest BCUT2D eigenvalue weighted by Crippen LogP contribution is -2.46. The van der Waals surface area contributed by atoms with Gasteiger partial charge in [-0.3, -0.25) is 9.59 Å². The molecular weight excluding hydrogens is 368 g/mol. The average molecular weight is 399 g/mol. The highest BCUT2D eigenvalue weighted by Crippen LogP contribution is 2.27. The molecule has 0 saturated carbocycles. The van der Waals surface area contributed by atoms with E-state index in [2.05, 4.69) is 10.6 Å². The van der Waals surface area contributed by atoms with E-state index in [-0.39, 0.29) is 0 Å². The van der Waals surface area contributed by atoms with Crippen molar-refractivity contribution < 1.29 is 19.8 Å². The van der Waals surface area contributed by atoms with Crippen molar-refractivity contribution in [1.29, 1.82) is 0 Å². The van der Waals surface area contributed by atoms with Gasteiger partial charge in [-0.1, -0.05) is 60.7 Å². The summed E-state index contributed by atoms with van der Waals surface area (Å²) in [6, 6.07) is 16.9. The molecule has 0 aliphatic carbocycles. The Morgan fingerprint density at radius 2 is 1.03 bits per heavy atom. The summed E-state index contributed by atoms with van der Waals surface area (Å²) in [4.78, 5) is 25.0. The molecule has 0 heterocycles. The molecule has 0 aliphatic heterocycles. The Morgan fingerprint density at radius 3 is 1.31 bits per heavy atom. The van der Waals surface area contributed by atoms with Crippen LogP contribution in [0.2, 0.25) is 0 Å². The Bertz CT molecular complexity index is 739. The number of carbonyl (C=O) groups excluding carboxylic acids is 2. The Balaban J connectivity index is 2.08. The molecule has 2 amide bonds. The molecule has 2 aromatic carbocycles. The van der Waals surface area contributed by atoms with Gasteiger partial charge >= 0.3 is 0 Å². The fourth-order valence-corrected chi connectivity index (χ4v) is 3.20. The molecule has 2 atom stereocenters. The zero-order valence-electron chi connectivity index (χ0n) is 17.3. The van der Waals surface area contributed by atoms with Crippen LogP contribution in [0.1, 0.15) is 57.3 Å². The summed E-state index contributed by atoms with van der Waals surface area (Å²) in [5, 5.41) is 26.4. The van der Waals surface area contributed by atoms with E-state index in [1.807, 2.05) is 60.7 Å². The fraction of sp³-hybridized carbons (Fsp3) is 0.391. The molecule has 2 rings (SSSR count). The molecule has 6 heteroatoms. The van der Waals surface area contributed by atoms with Crippen LogP contribution in [0.4, 0.5) is 0 Å². The van der Waals surface area contributed by atoms with Crippen molar-refractivity contribution in [3.05, 3.63) is 71.8 Å². The molecule has 0 radical (unpaired) electrons. The van der Waals surface area contributed by atoms with Crippen molar-refractivity contribution in [3.63, 3.8) is 0 Å². The smallest absolute Gasteiger partial charge is 0.230 e. The number of aliphatic hydroxyl groups is 2. The van der Waals surface area contributed by atoms with Gasteiger partial charge in [0.15, 0.2) is 0 Å². The van der Waals surface area contributed by atoms with Crippen LogP contribution in [0.5, 0.6) is 0 Å². The van der Waals surface area contributed by atoms with E-state index in [4.69, 9.17) is 0 Å². The number of hydrogen-bond donors (Lipinski definition) is 4. The van der Waals surface area contributed by atoms with E-state index >= 15 is 0 Å². The molecule has 0 fully saturated rings. The van der Waals surface area contributed by atoms with Crippen molar-refractivity contribution >= 4 is 11.8 Å². The quantitative estimate of drug-likeness (QED) is 0.514. The van der Waals surface area contributed by atoms with Gasteiger partial charge in [-0.25, -0.2) is 0 Å². The standard InChI is InChI=1S/C23H30N2O4/c1-22(2,28)20(16-11-7-5-8-12-16)24-18(26)15-19(27)25-21(23(3,4)29)17-13-9-6-10-14-17/h5-14,20-21,28-29H,15H2,1-4H3,(H,24,26)(H,25,27)/t20-,21-/m1/s1. The first kappa shape index (κ1) is 22.6. The van der Waals surface area contributed by atoms with Crippen molar-refractivity contribution in [2.75, 3.05) is 0 Å². The minimum Gasteiger partial charge on any atom is -0.388 e. The minimum absolute atomic E-state index is 0.418. The van der Waals surface area contributed by atoms with Crippen molar-refractivity contribution in [1.82, 2.24) is 10.6 Å². The molecule has 0 saturated heterocycles. The van der Waals surface area contributed by atoms with Crippen LogP contribution in [0.3, 0.4) is 0 Å². The molecule has 6 nitrogen and oxygen atoms in total. The summed E-state index contributed by atoms with van der Waals surface area (Å²) in [5.41, 5.74) is -0.944. The second-order valence-corrected chi connectivity index (χ2v) is 8.31. The third kappa shape index (κ3) is 6.69.